The molecule has 1 aliphatic carbocycles. The molecule has 116 valence electrons. The second-order valence-electron chi connectivity index (χ2n) is 6.34. The second kappa shape index (κ2) is 4.93. The van der Waals surface area contributed by atoms with Gasteiger partial charge in [-0.25, -0.2) is 4.98 Å². The highest BCUT2D eigenvalue weighted by atomic mass is 16.2. The minimum Gasteiger partial charge on any atom is -0.336 e. The van der Waals surface area contributed by atoms with Gasteiger partial charge in [-0.15, -0.1) is 0 Å². The van der Waals surface area contributed by atoms with Gasteiger partial charge in [0.05, 0.1) is 6.04 Å². The number of rotatable bonds is 3. The summed E-state index contributed by atoms with van der Waals surface area (Å²) in [7, 11) is 0. The van der Waals surface area contributed by atoms with Gasteiger partial charge < -0.3 is 14.8 Å². The van der Waals surface area contributed by atoms with Crippen molar-refractivity contribution in [1.29, 1.82) is 0 Å². The number of aromatic nitrogens is 2. The SMILES string of the molecule is O=C(c1cc(=O)[nH]c(C2CC2)n1)N1CC(N2CCCC2=O)C1. The lowest BCUT2D eigenvalue weighted by atomic mass is 10.1. The molecule has 0 atom stereocenters. The lowest BCUT2D eigenvalue weighted by molar-refractivity contribution is -0.132. The lowest BCUT2D eigenvalue weighted by Crippen LogP contribution is -2.61. The van der Waals surface area contributed by atoms with Crippen molar-refractivity contribution in [2.75, 3.05) is 19.6 Å². The van der Waals surface area contributed by atoms with E-state index in [2.05, 4.69) is 9.97 Å². The molecule has 7 heteroatoms. The Morgan fingerprint density at radius 2 is 2.05 bits per heavy atom. The van der Waals surface area contributed by atoms with E-state index in [4.69, 9.17) is 0 Å². The van der Waals surface area contributed by atoms with Crippen LogP contribution in [0.1, 0.15) is 47.9 Å². The Morgan fingerprint density at radius 1 is 1.27 bits per heavy atom. The molecule has 1 aromatic rings. The van der Waals surface area contributed by atoms with Crippen LogP contribution in [0.4, 0.5) is 0 Å². The van der Waals surface area contributed by atoms with Gasteiger partial charge in [0, 0.05) is 38.0 Å². The van der Waals surface area contributed by atoms with Crippen molar-refractivity contribution in [2.45, 2.75) is 37.6 Å². The molecule has 0 bridgehead atoms. The molecule has 2 amide bonds. The van der Waals surface area contributed by atoms with E-state index in [9.17, 15) is 14.4 Å². The Labute approximate surface area is 127 Å². The van der Waals surface area contributed by atoms with E-state index in [0.717, 1.165) is 25.8 Å². The van der Waals surface area contributed by atoms with Gasteiger partial charge in [0.1, 0.15) is 11.5 Å². The third-order valence-electron chi connectivity index (χ3n) is 4.64. The molecule has 1 saturated carbocycles. The predicted molar refractivity (Wildman–Crippen MR) is 77.5 cm³/mol. The molecule has 1 aromatic heterocycles. The monoisotopic (exact) mass is 302 g/mol. The van der Waals surface area contributed by atoms with Crippen LogP contribution in [0.2, 0.25) is 0 Å². The summed E-state index contributed by atoms with van der Waals surface area (Å²) in [6.07, 6.45) is 3.56. The largest absolute Gasteiger partial charge is 0.336 e. The van der Waals surface area contributed by atoms with Gasteiger partial charge in [-0.3, -0.25) is 14.4 Å². The van der Waals surface area contributed by atoms with Crippen molar-refractivity contribution in [3.8, 4) is 0 Å². The first-order chi connectivity index (χ1) is 10.6. The average Bonchev–Trinajstić information content (AvgIpc) is 3.21. The maximum absolute atomic E-state index is 12.4. The molecule has 2 aliphatic heterocycles. The summed E-state index contributed by atoms with van der Waals surface area (Å²) in [5, 5.41) is 0. The number of carbonyl (C=O) groups excluding carboxylic acids is 2. The Balaban J connectivity index is 1.45. The van der Waals surface area contributed by atoms with Crippen LogP contribution in [-0.2, 0) is 4.79 Å². The van der Waals surface area contributed by atoms with Gasteiger partial charge in [0.15, 0.2) is 0 Å². The summed E-state index contributed by atoms with van der Waals surface area (Å²) in [5.41, 5.74) is -0.0520. The van der Waals surface area contributed by atoms with Crippen molar-refractivity contribution in [2.24, 2.45) is 0 Å². The van der Waals surface area contributed by atoms with Gasteiger partial charge in [-0.1, -0.05) is 0 Å². The van der Waals surface area contributed by atoms with Crippen molar-refractivity contribution in [3.05, 3.63) is 27.9 Å². The molecule has 4 rings (SSSR count). The third-order valence-corrected chi connectivity index (χ3v) is 4.64. The first-order valence-electron chi connectivity index (χ1n) is 7.82. The number of H-pyrrole nitrogens is 1. The van der Waals surface area contributed by atoms with E-state index < -0.39 is 0 Å². The van der Waals surface area contributed by atoms with Crippen molar-refractivity contribution >= 4 is 11.8 Å². The summed E-state index contributed by atoms with van der Waals surface area (Å²) in [5.74, 6) is 0.896. The highest BCUT2D eigenvalue weighted by Gasteiger charge is 2.39. The Kier molecular flexibility index (Phi) is 3.02. The highest BCUT2D eigenvalue weighted by molar-refractivity contribution is 5.93. The summed E-state index contributed by atoms with van der Waals surface area (Å²) in [6.45, 7) is 1.87. The van der Waals surface area contributed by atoms with Crippen LogP contribution in [0.3, 0.4) is 0 Å². The number of amides is 2. The smallest absolute Gasteiger partial charge is 0.272 e. The number of hydrogen-bond donors (Lipinski definition) is 1. The molecule has 3 fully saturated rings. The Hall–Kier alpha value is -2.18. The average molecular weight is 302 g/mol. The number of hydrogen-bond acceptors (Lipinski definition) is 4. The van der Waals surface area contributed by atoms with Crippen LogP contribution < -0.4 is 5.56 Å². The molecule has 0 unspecified atom stereocenters. The molecular weight excluding hydrogens is 284 g/mol. The quantitative estimate of drug-likeness (QED) is 0.857. The number of likely N-dealkylation sites (tertiary alicyclic amines) is 2. The van der Waals surface area contributed by atoms with E-state index in [1.54, 1.807) is 4.90 Å². The van der Waals surface area contributed by atoms with Crippen LogP contribution in [0.5, 0.6) is 0 Å². The van der Waals surface area contributed by atoms with Gasteiger partial charge in [0.2, 0.25) is 5.91 Å². The molecule has 0 radical (unpaired) electrons. The molecular formula is C15H18N4O3. The third kappa shape index (κ3) is 2.30. The summed E-state index contributed by atoms with van der Waals surface area (Å²) in [4.78, 5) is 46.3. The first kappa shape index (κ1) is 13.5. The van der Waals surface area contributed by atoms with Crippen LogP contribution in [0.15, 0.2) is 10.9 Å². The van der Waals surface area contributed by atoms with Gasteiger partial charge in [0.25, 0.3) is 11.5 Å². The van der Waals surface area contributed by atoms with Crippen LogP contribution >= 0.6 is 0 Å². The lowest BCUT2D eigenvalue weighted by Gasteiger charge is -2.43. The second-order valence-corrected chi connectivity index (χ2v) is 6.34. The topological polar surface area (TPSA) is 86.4 Å². The van der Waals surface area contributed by atoms with Crippen molar-refractivity contribution in [3.63, 3.8) is 0 Å². The molecule has 0 spiro atoms. The minimum absolute atomic E-state index is 0.129. The van der Waals surface area contributed by atoms with Crippen molar-refractivity contribution in [1.82, 2.24) is 19.8 Å². The molecule has 22 heavy (non-hydrogen) atoms. The first-order valence-corrected chi connectivity index (χ1v) is 7.82. The number of carbonyl (C=O) groups is 2. The maximum atomic E-state index is 12.4. The fourth-order valence-corrected chi connectivity index (χ4v) is 3.17. The summed E-state index contributed by atoms with van der Waals surface area (Å²) in [6, 6.07) is 1.39. The van der Waals surface area contributed by atoms with E-state index in [0.29, 0.717) is 31.3 Å². The van der Waals surface area contributed by atoms with E-state index in [-0.39, 0.29) is 29.1 Å². The van der Waals surface area contributed by atoms with E-state index in [1.807, 2.05) is 4.90 Å². The fraction of sp³-hybridized carbons (Fsp3) is 0.600. The van der Waals surface area contributed by atoms with E-state index in [1.165, 1.54) is 6.07 Å². The molecule has 0 aromatic carbocycles. The van der Waals surface area contributed by atoms with Gasteiger partial charge >= 0.3 is 0 Å². The molecule has 1 N–H and O–H groups in total. The zero-order valence-corrected chi connectivity index (χ0v) is 12.2. The molecule has 3 heterocycles. The number of nitrogens with zero attached hydrogens (tertiary/aromatic N) is 3. The van der Waals surface area contributed by atoms with Crippen LogP contribution in [-0.4, -0.2) is 57.3 Å². The zero-order valence-electron chi connectivity index (χ0n) is 12.2. The number of aromatic amines is 1. The summed E-state index contributed by atoms with van der Waals surface area (Å²) < 4.78 is 0. The molecule has 7 nitrogen and oxygen atoms in total. The van der Waals surface area contributed by atoms with Crippen LogP contribution in [0, 0.1) is 0 Å². The Bertz CT molecular complexity index is 688. The minimum atomic E-state index is -0.271. The fourth-order valence-electron chi connectivity index (χ4n) is 3.17. The zero-order chi connectivity index (χ0) is 15.3. The highest BCUT2D eigenvalue weighted by Crippen LogP contribution is 2.37. The normalized spacial score (nSPS) is 22.1. The number of nitrogens with one attached hydrogen (secondary N) is 1. The van der Waals surface area contributed by atoms with Gasteiger partial charge in [-0.2, -0.15) is 0 Å². The summed E-state index contributed by atoms with van der Waals surface area (Å²) >= 11 is 0. The van der Waals surface area contributed by atoms with Crippen LogP contribution in [0.25, 0.3) is 0 Å². The van der Waals surface area contributed by atoms with Crippen molar-refractivity contribution < 1.29 is 9.59 Å². The maximum Gasteiger partial charge on any atom is 0.272 e. The molecule has 3 aliphatic rings. The van der Waals surface area contributed by atoms with E-state index >= 15 is 0 Å². The Morgan fingerprint density at radius 3 is 2.68 bits per heavy atom. The predicted octanol–water partition coefficient (Wildman–Crippen LogP) is 0.0941. The molecule has 2 saturated heterocycles. The van der Waals surface area contributed by atoms with Gasteiger partial charge in [-0.05, 0) is 19.3 Å². The standard InChI is InChI=1S/C15H18N4O3/c20-12-6-11(16-14(17-12)9-3-4-9)15(22)18-7-10(8-18)19-5-1-2-13(19)21/h6,9-10H,1-5,7-8H2,(H,16,17,20).